The van der Waals surface area contributed by atoms with Gasteiger partial charge in [-0.15, -0.1) is 11.3 Å². The van der Waals surface area contributed by atoms with E-state index in [0.717, 1.165) is 10.6 Å². The first-order valence-corrected chi connectivity index (χ1v) is 11.3. The summed E-state index contributed by atoms with van der Waals surface area (Å²) in [6.07, 6.45) is 1.68. The predicted octanol–water partition coefficient (Wildman–Crippen LogP) is 5.42. The maximum Gasteiger partial charge on any atom is 0.256 e. The molecule has 0 bridgehead atoms. The van der Waals surface area contributed by atoms with Crippen LogP contribution < -0.4 is 10.6 Å². The Bertz CT molecular complexity index is 1270. The smallest absolute Gasteiger partial charge is 0.256 e. The summed E-state index contributed by atoms with van der Waals surface area (Å²) in [7, 11) is 0. The van der Waals surface area contributed by atoms with E-state index in [1.165, 1.54) is 0 Å². The van der Waals surface area contributed by atoms with Crippen molar-refractivity contribution < 1.29 is 9.59 Å². The molecule has 0 fully saturated rings. The number of pyridine rings is 1. The highest BCUT2D eigenvalue weighted by Gasteiger charge is 2.21. The Labute approximate surface area is 190 Å². The summed E-state index contributed by atoms with van der Waals surface area (Å²) < 4.78 is 1.79. The van der Waals surface area contributed by atoms with Crippen LogP contribution in [0, 0.1) is 5.41 Å². The highest BCUT2D eigenvalue weighted by atomic mass is 32.1. The van der Waals surface area contributed by atoms with Crippen molar-refractivity contribution in [1.82, 2.24) is 14.8 Å². The van der Waals surface area contributed by atoms with Gasteiger partial charge in [0, 0.05) is 23.3 Å². The van der Waals surface area contributed by atoms with Crippen molar-refractivity contribution in [2.24, 2.45) is 5.41 Å². The number of hydrogen-bond acceptors (Lipinski definition) is 5. The highest BCUT2D eigenvalue weighted by molar-refractivity contribution is 7.13. The normalized spacial score (nSPS) is 11.5. The number of rotatable bonds is 5. The summed E-state index contributed by atoms with van der Waals surface area (Å²) in [5.41, 5.74) is 2.77. The molecule has 0 aliphatic rings. The van der Waals surface area contributed by atoms with Gasteiger partial charge in [0.05, 0.1) is 27.7 Å². The van der Waals surface area contributed by atoms with Crippen LogP contribution in [0.1, 0.15) is 38.1 Å². The third-order valence-corrected chi connectivity index (χ3v) is 5.90. The van der Waals surface area contributed by atoms with Crippen LogP contribution in [-0.4, -0.2) is 26.6 Å². The molecule has 164 valence electrons. The molecular formula is C24H25N5O2S. The zero-order valence-electron chi connectivity index (χ0n) is 18.5. The van der Waals surface area contributed by atoms with Gasteiger partial charge in [0.15, 0.2) is 5.65 Å². The topological polar surface area (TPSA) is 88.9 Å². The minimum Gasteiger partial charge on any atom is -0.326 e. The van der Waals surface area contributed by atoms with Crippen LogP contribution in [0.5, 0.6) is 0 Å². The summed E-state index contributed by atoms with van der Waals surface area (Å²) in [6, 6.07) is 12.8. The molecule has 8 heteroatoms. The number of aryl methyl sites for hydroxylation is 1. The van der Waals surface area contributed by atoms with Crippen molar-refractivity contribution in [3.05, 3.63) is 59.6 Å². The molecule has 4 rings (SSSR count). The van der Waals surface area contributed by atoms with Crippen LogP contribution >= 0.6 is 11.3 Å². The molecule has 0 saturated heterocycles. The standard InChI is InChI=1S/C24H25N5O2S/c1-5-29-21-18(14-25-29)17(13-19(28-21)20-7-6-12-32-20)22(30)26-15-8-10-16(11-9-15)27-23(31)24(2,3)4/h6-14H,5H2,1-4H3,(H,26,30)(H,27,31). The van der Waals surface area contributed by atoms with E-state index >= 15 is 0 Å². The van der Waals surface area contributed by atoms with Gasteiger partial charge in [-0.3, -0.25) is 9.59 Å². The predicted molar refractivity (Wildman–Crippen MR) is 129 cm³/mol. The maximum absolute atomic E-state index is 13.2. The molecule has 0 unspecified atom stereocenters. The van der Waals surface area contributed by atoms with Gasteiger partial charge in [0.25, 0.3) is 5.91 Å². The lowest BCUT2D eigenvalue weighted by atomic mass is 9.95. The second-order valence-electron chi connectivity index (χ2n) is 8.47. The van der Waals surface area contributed by atoms with Gasteiger partial charge in [-0.05, 0) is 48.7 Å². The maximum atomic E-state index is 13.2. The van der Waals surface area contributed by atoms with Crippen LogP contribution in [0.25, 0.3) is 21.6 Å². The van der Waals surface area contributed by atoms with E-state index < -0.39 is 5.41 Å². The summed E-state index contributed by atoms with van der Waals surface area (Å²) in [5.74, 6) is -0.306. The number of hydrogen-bond donors (Lipinski definition) is 2. The van der Waals surface area contributed by atoms with Crippen LogP contribution in [-0.2, 0) is 11.3 Å². The average Bonchev–Trinajstić information content (AvgIpc) is 3.43. The van der Waals surface area contributed by atoms with E-state index in [1.54, 1.807) is 46.5 Å². The fourth-order valence-electron chi connectivity index (χ4n) is 3.17. The lowest BCUT2D eigenvalue weighted by Gasteiger charge is -2.17. The summed E-state index contributed by atoms with van der Waals surface area (Å²) >= 11 is 1.57. The number of aromatic nitrogens is 3. The van der Waals surface area contributed by atoms with Crippen LogP contribution in [0.3, 0.4) is 0 Å². The number of carbonyl (C=O) groups excluding carboxylic acids is 2. The fourth-order valence-corrected chi connectivity index (χ4v) is 3.86. The number of fused-ring (bicyclic) bond motifs is 1. The second-order valence-corrected chi connectivity index (χ2v) is 9.41. The Morgan fingerprint density at radius 3 is 2.34 bits per heavy atom. The Morgan fingerprint density at radius 2 is 1.75 bits per heavy atom. The lowest BCUT2D eigenvalue weighted by Crippen LogP contribution is -2.27. The third kappa shape index (κ3) is 4.40. The number of nitrogens with zero attached hydrogens (tertiary/aromatic N) is 3. The fraction of sp³-hybridized carbons (Fsp3) is 0.250. The van der Waals surface area contributed by atoms with E-state index in [4.69, 9.17) is 4.98 Å². The Hall–Kier alpha value is -3.52. The number of benzene rings is 1. The molecule has 2 N–H and O–H groups in total. The number of anilines is 2. The number of carbonyl (C=O) groups is 2. The van der Waals surface area contributed by atoms with E-state index in [-0.39, 0.29) is 11.8 Å². The Balaban J connectivity index is 1.61. The van der Waals surface area contributed by atoms with Crippen LogP contribution in [0.4, 0.5) is 11.4 Å². The molecule has 0 radical (unpaired) electrons. The molecule has 0 saturated carbocycles. The molecule has 1 aromatic carbocycles. The van der Waals surface area contributed by atoms with Crippen molar-refractivity contribution in [1.29, 1.82) is 0 Å². The summed E-state index contributed by atoms with van der Waals surface area (Å²) in [5, 5.41) is 12.9. The highest BCUT2D eigenvalue weighted by Crippen LogP contribution is 2.28. The van der Waals surface area contributed by atoms with Gasteiger partial charge < -0.3 is 10.6 Å². The average molecular weight is 448 g/mol. The molecule has 0 aliphatic heterocycles. The summed E-state index contributed by atoms with van der Waals surface area (Å²) in [6.45, 7) is 8.23. The van der Waals surface area contributed by atoms with Gasteiger partial charge in [0.2, 0.25) is 5.91 Å². The zero-order chi connectivity index (χ0) is 22.9. The third-order valence-electron chi connectivity index (χ3n) is 5.01. The molecule has 4 aromatic rings. The Kier molecular flexibility index (Phi) is 5.80. The second kappa shape index (κ2) is 8.55. The molecule has 32 heavy (non-hydrogen) atoms. The van der Waals surface area contributed by atoms with Crippen molar-refractivity contribution in [3.63, 3.8) is 0 Å². The van der Waals surface area contributed by atoms with Crippen molar-refractivity contribution >= 4 is 45.6 Å². The van der Waals surface area contributed by atoms with Crippen molar-refractivity contribution in [2.45, 2.75) is 34.2 Å². The van der Waals surface area contributed by atoms with Gasteiger partial charge in [-0.1, -0.05) is 26.8 Å². The number of thiophene rings is 1. The molecule has 7 nitrogen and oxygen atoms in total. The molecule has 0 spiro atoms. The zero-order valence-corrected chi connectivity index (χ0v) is 19.3. The van der Waals surface area contributed by atoms with Gasteiger partial charge in [0.1, 0.15) is 0 Å². The number of nitrogens with one attached hydrogen (secondary N) is 2. The lowest BCUT2D eigenvalue weighted by molar-refractivity contribution is -0.123. The van der Waals surface area contributed by atoms with E-state index in [0.29, 0.717) is 34.5 Å². The first kappa shape index (κ1) is 21.7. The molecule has 0 aliphatic carbocycles. The molecule has 3 aromatic heterocycles. The molecule has 0 atom stereocenters. The van der Waals surface area contributed by atoms with Crippen molar-refractivity contribution in [3.8, 4) is 10.6 Å². The van der Waals surface area contributed by atoms with Gasteiger partial charge >= 0.3 is 0 Å². The monoisotopic (exact) mass is 447 g/mol. The van der Waals surface area contributed by atoms with E-state index in [1.807, 2.05) is 51.3 Å². The molecule has 3 heterocycles. The number of amides is 2. The van der Waals surface area contributed by atoms with Gasteiger partial charge in [-0.25, -0.2) is 9.67 Å². The minimum atomic E-state index is -0.483. The van der Waals surface area contributed by atoms with Gasteiger partial charge in [-0.2, -0.15) is 5.10 Å². The van der Waals surface area contributed by atoms with E-state index in [2.05, 4.69) is 15.7 Å². The van der Waals surface area contributed by atoms with Crippen molar-refractivity contribution in [2.75, 3.05) is 10.6 Å². The van der Waals surface area contributed by atoms with E-state index in [9.17, 15) is 9.59 Å². The first-order chi connectivity index (χ1) is 15.3. The molecular weight excluding hydrogens is 422 g/mol. The molecule has 2 amide bonds. The van der Waals surface area contributed by atoms with Crippen LogP contribution in [0.15, 0.2) is 54.0 Å². The van der Waals surface area contributed by atoms with Crippen LogP contribution in [0.2, 0.25) is 0 Å². The SMILES string of the molecule is CCn1ncc2c(C(=O)Nc3ccc(NC(=O)C(C)(C)C)cc3)cc(-c3cccs3)nc21. The Morgan fingerprint density at radius 1 is 1.06 bits per heavy atom. The first-order valence-electron chi connectivity index (χ1n) is 10.4. The largest absolute Gasteiger partial charge is 0.326 e. The quantitative estimate of drug-likeness (QED) is 0.428. The minimum absolute atomic E-state index is 0.0671. The summed E-state index contributed by atoms with van der Waals surface area (Å²) in [4.78, 5) is 31.1.